The van der Waals surface area contributed by atoms with Crippen molar-refractivity contribution in [2.75, 3.05) is 17.6 Å². The van der Waals surface area contributed by atoms with Gasteiger partial charge in [-0.05, 0) is 11.6 Å². The van der Waals surface area contributed by atoms with Crippen LogP contribution in [0, 0.1) is 0 Å². The molecule has 1 aliphatic heterocycles. The molecule has 0 saturated carbocycles. The number of aromatic nitrogens is 2. The summed E-state index contributed by atoms with van der Waals surface area (Å²) in [5.41, 5.74) is 6.75. The van der Waals surface area contributed by atoms with E-state index < -0.39 is 0 Å². The fourth-order valence-corrected chi connectivity index (χ4v) is 2.24. The van der Waals surface area contributed by atoms with E-state index in [4.69, 9.17) is 22.1 Å². The fourth-order valence-electron chi connectivity index (χ4n) is 2.08. The average Bonchev–Trinajstić information content (AvgIpc) is 2.82. The lowest BCUT2D eigenvalue weighted by molar-refractivity contribution is 0.246. The van der Waals surface area contributed by atoms with Crippen molar-refractivity contribution in [3.63, 3.8) is 0 Å². The maximum absolute atomic E-state index is 5.99. The summed E-state index contributed by atoms with van der Waals surface area (Å²) in [6.07, 6.45) is 2.43. The summed E-state index contributed by atoms with van der Waals surface area (Å²) in [6.45, 7) is 0.616. The molecule has 98 valence electrons. The number of hydrogen-bond donors (Lipinski definition) is 2. The molecular formula is C13H13ClN4O. The van der Waals surface area contributed by atoms with Gasteiger partial charge in [0.05, 0.1) is 12.7 Å². The van der Waals surface area contributed by atoms with Crippen molar-refractivity contribution >= 4 is 23.4 Å². The van der Waals surface area contributed by atoms with E-state index in [1.165, 1.54) is 11.8 Å². The maximum atomic E-state index is 5.99. The van der Waals surface area contributed by atoms with Gasteiger partial charge in [-0.2, -0.15) is 4.98 Å². The van der Waals surface area contributed by atoms with Gasteiger partial charge < -0.3 is 15.8 Å². The van der Waals surface area contributed by atoms with Gasteiger partial charge in [0.2, 0.25) is 5.95 Å². The number of hydrogen-bond acceptors (Lipinski definition) is 5. The molecule has 1 aromatic heterocycles. The van der Waals surface area contributed by atoms with Gasteiger partial charge in [0, 0.05) is 6.42 Å². The molecule has 0 fully saturated rings. The van der Waals surface area contributed by atoms with Crippen LogP contribution in [0.25, 0.3) is 0 Å². The Bertz CT molecular complexity index is 580. The van der Waals surface area contributed by atoms with E-state index >= 15 is 0 Å². The first kappa shape index (κ1) is 12.0. The predicted octanol–water partition coefficient (Wildman–Crippen LogP) is 2.13. The number of para-hydroxylation sites is 1. The van der Waals surface area contributed by atoms with Gasteiger partial charge in [-0.1, -0.05) is 29.8 Å². The van der Waals surface area contributed by atoms with Crippen molar-refractivity contribution in [2.24, 2.45) is 0 Å². The van der Waals surface area contributed by atoms with Crippen LogP contribution < -0.4 is 15.8 Å². The molecule has 0 aliphatic carbocycles. The van der Waals surface area contributed by atoms with Crippen LogP contribution in [-0.2, 0) is 6.42 Å². The van der Waals surface area contributed by atoms with Crippen LogP contribution in [-0.4, -0.2) is 22.6 Å². The lowest BCUT2D eigenvalue weighted by Crippen LogP contribution is -2.24. The number of nitrogen functional groups attached to an aromatic ring is 1. The maximum Gasteiger partial charge on any atom is 0.222 e. The monoisotopic (exact) mass is 276 g/mol. The molecule has 0 bridgehead atoms. The predicted molar refractivity (Wildman–Crippen MR) is 74.5 cm³/mol. The zero-order valence-corrected chi connectivity index (χ0v) is 10.9. The molecule has 5 nitrogen and oxygen atoms in total. The van der Waals surface area contributed by atoms with Crippen molar-refractivity contribution in [3.8, 4) is 5.75 Å². The number of fused-ring (bicyclic) bond motifs is 1. The fraction of sp³-hybridized carbons (Fsp3) is 0.231. The quantitative estimate of drug-likeness (QED) is 0.898. The van der Waals surface area contributed by atoms with Gasteiger partial charge in [-0.15, -0.1) is 0 Å². The van der Waals surface area contributed by atoms with E-state index in [2.05, 4.69) is 21.4 Å². The second-order valence-corrected chi connectivity index (χ2v) is 4.76. The standard InChI is InChI=1S/C13H13ClN4O/c14-10-7-17-13(15)18-12(10)16-6-9-5-8-3-1-2-4-11(8)19-9/h1-4,7,9H,5-6H2,(H3,15,16,17,18). The van der Waals surface area contributed by atoms with Gasteiger partial charge in [0.25, 0.3) is 0 Å². The summed E-state index contributed by atoms with van der Waals surface area (Å²) < 4.78 is 5.82. The van der Waals surface area contributed by atoms with Gasteiger partial charge in [-0.3, -0.25) is 0 Å². The average molecular weight is 277 g/mol. The highest BCUT2D eigenvalue weighted by Crippen LogP contribution is 2.28. The first-order chi connectivity index (χ1) is 9.22. The van der Waals surface area contributed by atoms with E-state index in [0.717, 1.165) is 12.2 Å². The van der Waals surface area contributed by atoms with Crippen molar-refractivity contribution in [1.82, 2.24) is 9.97 Å². The van der Waals surface area contributed by atoms with Gasteiger partial charge in [0.15, 0.2) is 5.82 Å². The zero-order valence-electron chi connectivity index (χ0n) is 10.1. The number of nitrogens with two attached hydrogens (primary N) is 1. The Morgan fingerprint density at radius 1 is 1.42 bits per heavy atom. The Morgan fingerprint density at radius 3 is 3.11 bits per heavy atom. The third kappa shape index (κ3) is 2.56. The van der Waals surface area contributed by atoms with Crippen molar-refractivity contribution in [3.05, 3.63) is 41.0 Å². The third-order valence-electron chi connectivity index (χ3n) is 2.97. The molecule has 2 heterocycles. The highest BCUT2D eigenvalue weighted by molar-refractivity contribution is 6.32. The number of benzene rings is 1. The van der Waals surface area contributed by atoms with Crippen LogP contribution in [0.1, 0.15) is 5.56 Å². The van der Waals surface area contributed by atoms with Crippen LogP contribution in [0.15, 0.2) is 30.5 Å². The Balaban J connectivity index is 1.64. The Kier molecular flexibility index (Phi) is 3.13. The number of nitrogens with one attached hydrogen (secondary N) is 1. The van der Waals surface area contributed by atoms with Crippen LogP contribution >= 0.6 is 11.6 Å². The van der Waals surface area contributed by atoms with Crippen LogP contribution in [0.2, 0.25) is 5.02 Å². The first-order valence-corrected chi connectivity index (χ1v) is 6.36. The van der Waals surface area contributed by atoms with E-state index in [0.29, 0.717) is 17.4 Å². The molecule has 3 rings (SSSR count). The summed E-state index contributed by atoms with van der Waals surface area (Å²) in [5.74, 6) is 1.68. The number of anilines is 2. The second-order valence-electron chi connectivity index (χ2n) is 4.36. The molecule has 1 atom stereocenters. The molecule has 1 aromatic carbocycles. The summed E-state index contributed by atoms with van der Waals surface area (Å²) in [7, 11) is 0. The minimum Gasteiger partial charge on any atom is -0.488 e. The summed E-state index contributed by atoms with van der Waals surface area (Å²) in [6, 6.07) is 8.03. The molecule has 0 spiro atoms. The summed E-state index contributed by atoms with van der Waals surface area (Å²) in [5, 5.41) is 3.59. The molecule has 0 radical (unpaired) electrons. The van der Waals surface area contributed by atoms with Crippen molar-refractivity contribution < 1.29 is 4.74 Å². The molecule has 0 amide bonds. The number of halogens is 1. The molecule has 2 aromatic rings. The highest BCUT2D eigenvalue weighted by Gasteiger charge is 2.22. The molecular weight excluding hydrogens is 264 g/mol. The molecule has 6 heteroatoms. The smallest absolute Gasteiger partial charge is 0.222 e. The van der Waals surface area contributed by atoms with Crippen molar-refractivity contribution in [1.29, 1.82) is 0 Å². The minimum atomic E-state index is 0.0738. The molecule has 19 heavy (non-hydrogen) atoms. The van der Waals surface area contributed by atoms with Crippen LogP contribution in [0.5, 0.6) is 5.75 Å². The van der Waals surface area contributed by atoms with E-state index in [-0.39, 0.29) is 12.1 Å². The second kappa shape index (κ2) is 4.93. The normalized spacial score (nSPS) is 16.8. The third-order valence-corrected chi connectivity index (χ3v) is 3.25. The van der Waals surface area contributed by atoms with Gasteiger partial charge in [0.1, 0.15) is 16.9 Å². The van der Waals surface area contributed by atoms with Gasteiger partial charge in [-0.25, -0.2) is 4.98 Å². The van der Waals surface area contributed by atoms with Crippen LogP contribution in [0.3, 0.4) is 0 Å². The number of nitrogens with zero attached hydrogens (tertiary/aromatic N) is 2. The first-order valence-electron chi connectivity index (χ1n) is 5.99. The number of ether oxygens (including phenoxy) is 1. The largest absolute Gasteiger partial charge is 0.488 e. The summed E-state index contributed by atoms with van der Waals surface area (Å²) in [4.78, 5) is 7.87. The van der Waals surface area contributed by atoms with E-state index in [9.17, 15) is 0 Å². The lowest BCUT2D eigenvalue weighted by Gasteiger charge is -2.13. The molecule has 1 aliphatic rings. The SMILES string of the molecule is Nc1ncc(Cl)c(NCC2Cc3ccccc3O2)n1. The Hall–Kier alpha value is -2.01. The highest BCUT2D eigenvalue weighted by atomic mass is 35.5. The van der Waals surface area contributed by atoms with Crippen LogP contribution in [0.4, 0.5) is 11.8 Å². The van der Waals surface area contributed by atoms with Gasteiger partial charge >= 0.3 is 0 Å². The zero-order chi connectivity index (χ0) is 13.2. The molecule has 3 N–H and O–H groups in total. The Morgan fingerprint density at radius 2 is 2.26 bits per heavy atom. The number of rotatable bonds is 3. The van der Waals surface area contributed by atoms with Crippen molar-refractivity contribution in [2.45, 2.75) is 12.5 Å². The lowest BCUT2D eigenvalue weighted by atomic mass is 10.1. The Labute approximate surface area is 115 Å². The molecule has 1 unspecified atom stereocenters. The summed E-state index contributed by atoms with van der Waals surface area (Å²) >= 11 is 5.99. The topological polar surface area (TPSA) is 73.1 Å². The minimum absolute atomic E-state index is 0.0738. The van der Waals surface area contributed by atoms with E-state index in [1.54, 1.807) is 0 Å². The van der Waals surface area contributed by atoms with E-state index in [1.807, 2.05) is 18.2 Å². The molecule has 0 saturated heterocycles.